The first kappa shape index (κ1) is 65.2. The topological polar surface area (TPSA) is 169 Å². The summed E-state index contributed by atoms with van der Waals surface area (Å²) in [5, 5.41) is 22.0. The second kappa shape index (κ2) is 50.6. The van der Waals surface area contributed by atoms with Gasteiger partial charge >= 0.3 is 19.8 Å². The minimum atomic E-state index is -4.77. The van der Waals surface area contributed by atoms with Gasteiger partial charge in [-0.2, -0.15) is 0 Å². The van der Waals surface area contributed by atoms with Crippen molar-refractivity contribution in [2.24, 2.45) is 0 Å². The van der Waals surface area contributed by atoms with E-state index >= 15 is 0 Å². The predicted molar refractivity (Wildman–Crippen MR) is 282 cm³/mol. The highest BCUT2D eigenvalue weighted by Crippen LogP contribution is 2.43. The Bertz CT molecular complexity index is 1380. The molecule has 11 nitrogen and oxygen atoms in total. The van der Waals surface area contributed by atoms with Gasteiger partial charge in [0, 0.05) is 12.8 Å². The first-order valence-electron chi connectivity index (χ1n) is 27.3. The molecule has 0 bridgehead atoms. The number of aliphatic hydroxyl groups excluding tert-OH is 1. The lowest BCUT2D eigenvalue weighted by molar-refractivity contribution is -0.147. The Hall–Kier alpha value is -2.82. The van der Waals surface area contributed by atoms with Crippen molar-refractivity contribution in [2.75, 3.05) is 19.8 Å². The monoisotopic (exact) mass is 978 g/mol. The fourth-order valence-corrected chi connectivity index (χ4v) is 8.30. The van der Waals surface area contributed by atoms with Gasteiger partial charge < -0.3 is 25.2 Å². The number of nitrogens with one attached hydrogen (secondary N) is 1. The Morgan fingerprint density at radius 3 is 1.21 bits per heavy atom. The van der Waals surface area contributed by atoms with Gasteiger partial charge in [-0.1, -0.05) is 209 Å². The number of carbonyl (C=O) groups is 3. The SMILES string of the molecule is CCCCC/C=C\C/C=C\C/C=C\CCCCCCCCCCCCC(=O)NC(COP(=O)(O)OCC(O)COC(=O)CCCCCCCCCCCCC/C=C\C/C=C\CCCCC)C(=O)O. The number of hydrogen-bond donors (Lipinski definition) is 4. The molecule has 0 radical (unpaired) electrons. The minimum Gasteiger partial charge on any atom is -0.480 e. The molecule has 0 saturated carbocycles. The van der Waals surface area contributed by atoms with Crippen LogP contribution in [0.3, 0.4) is 0 Å². The average Bonchev–Trinajstić information content (AvgIpc) is 3.32. The summed E-state index contributed by atoms with van der Waals surface area (Å²) in [5.74, 6) is -2.37. The molecule has 1 amide bonds. The van der Waals surface area contributed by atoms with E-state index in [1.807, 2.05) is 0 Å². The fourth-order valence-electron chi connectivity index (χ4n) is 7.53. The van der Waals surface area contributed by atoms with E-state index in [-0.39, 0.29) is 12.8 Å². The average molecular weight is 978 g/mol. The minimum absolute atomic E-state index is 0.139. The number of allylic oxidation sites excluding steroid dienone is 10. The molecule has 0 aliphatic rings. The zero-order valence-corrected chi connectivity index (χ0v) is 44.0. The van der Waals surface area contributed by atoms with Gasteiger partial charge in [-0.15, -0.1) is 0 Å². The Labute approximate surface area is 415 Å². The highest BCUT2D eigenvalue weighted by atomic mass is 31.2. The summed E-state index contributed by atoms with van der Waals surface area (Å²) >= 11 is 0. The number of carboxylic acid groups (broad SMARTS) is 1. The number of amides is 1. The molecule has 0 aliphatic carbocycles. The molecule has 4 N–H and O–H groups in total. The summed E-state index contributed by atoms with van der Waals surface area (Å²) < 4.78 is 27.0. The van der Waals surface area contributed by atoms with E-state index in [4.69, 9.17) is 13.8 Å². The summed E-state index contributed by atoms with van der Waals surface area (Å²) in [7, 11) is -4.77. The van der Waals surface area contributed by atoms with Crippen molar-refractivity contribution in [3.8, 4) is 0 Å². The molecule has 0 aromatic heterocycles. The molecule has 394 valence electrons. The van der Waals surface area contributed by atoms with Crippen molar-refractivity contribution < 1.29 is 47.8 Å². The fraction of sp³-hybridized carbons (Fsp3) is 0.768. The van der Waals surface area contributed by atoms with Crippen LogP contribution in [0.1, 0.15) is 245 Å². The Balaban J connectivity index is 3.81. The molecule has 0 heterocycles. The van der Waals surface area contributed by atoms with Crippen LogP contribution >= 0.6 is 7.82 Å². The number of phosphoric ester groups is 1. The van der Waals surface area contributed by atoms with Crippen molar-refractivity contribution in [3.63, 3.8) is 0 Å². The van der Waals surface area contributed by atoms with Crippen LogP contribution in [0.5, 0.6) is 0 Å². The van der Waals surface area contributed by atoms with E-state index < -0.39 is 57.6 Å². The van der Waals surface area contributed by atoms with Crippen molar-refractivity contribution >= 4 is 25.7 Å². The zero-order valence-electron chi connectivity index (χ0n) is 43.2. The Morgan fingerprint density at radius 2 is 0.809 bits per heavy atom. The van der Waals surface area contributed by atoms with Crippen molar-refractivity contribution in [1.82, 2.24) is 5.32 Å². The molecular formula is C56H100NO10P. The van der Waals surface area contributed by atoms with E-state index in [0.29, 0.717) is 12.8 Å². The first-order valence-corrected chi connectivity index (χ1v) is 28.8. The number of aliphatic hydroxyl groups is 1. The van der Waals surface area contributed by atoms with Gasteiger partial charge in [0.1, 0.15) is 12.7 Å². The van der Waals surface area contributed by atoms with Crippen LogP contribution in [-0.2, 0) is 32.7 Å². The third kappa shape index (κ3) is 49.6. The van der Waals surface area contributed by atoms with Crippen LogP contribution in [0, 0.1) is 0 Å². The highest BCUT2D eigenvalue weighted by Gasteiger charge is 2.28. The van der Waals surface area contributed by atoms with Crippen molar-refractivity contribution in [2.45, 2.75) is 257 Å². The Kier molecular flexibility index (Phi) is 48.5. The summed E-state index contributed by atoms with van der Waals surface area (Å²) in [5.41, 5.74) is 0. The third-order valence-corrected chi connectivity index (χ3v) is 12.7. The van der Waals surface area contributed by atoms with Gasteiger partial charge in [0.15, 0.2) is 6.04 Å². The molecular weight excluding hydrogens is 878 g/mol. The van der Waals surface area contributed by atoms with Gasteiger partial charge in [-0.05, 0) is 83.5 Å². The largest absolute Gasteiger partial charge is 0.480 e. The molecule has 3 unspecified atom stereocenters. The molecule has 0 spiro atoms. The molecule has 0 saturated heterocycles. The maximum atomic E-state index is 12.4. The van der Waals surface area contributed by atoms with Crippen LogP contribution in [0.4, 0.5) is 0 Å². The van der Waals surface area contributed by atoms with Crippen LogP contribution in [0.15, 0.2) is 60.8 Å². The van der Waals surface area contributed by atoms with Crippen molar-refractivity contribution in [3.05, 3.63) is 60.8 Å². The van der Waals surface area contributed by atoms with E-state index in [1.54, 1.807) is 0 Å². The van der Waals surface area contributed by atoms with Gasteiger partial charge in [-0.25, -0.2) is 9.36 Å². The van der Waals surface area contributed by atoms with E-state index in [0.717, 1.165) is 70.6 Å². The third-order valence-electron chi connectivity index (χ3n) is 11.8. The molecule has 0 rings (SSSR count). The van der Waals surface area contributed by atoms with Crippen molar-refractivity contribution in [1.29, 1.82) is 0 Å². The lowest BCUT2D eigenvalue weighted by atomic mass is 10.0. The second-order valence-electron chi connectivity index (χ2n) is 18.4. The van der Waals surface area contributed by atoms with Crippen LogP contribution in [0.2, 0.25) is 0 Å². The van der Waals surface area contributed by atoms with E-state index in [1.165, 1.54) is 135 Å². The lowest BCUT2D eigenvalue weighted by Crippen LogP contribution is -2.43. The quantitative estimate of drug-likeness (QED) is 0.0199. The molecule has 68 heavy (non-hydrogen) atoms. The number of ether oxygens (including phenoxy) is 1. The number of esters is 1. The van der Waals surface area contributed by atoms with Crippen LogP contribution < -0.4 is 5.32 Å². The van der Waals surface area contributed by atoms with Gasteiger partial charge in [0.05, 0.1) is 13.2 Å². The van der Waals surface area contributed by atoms with Gasteiger partial charge in [0.2, 0.25) is 5.91 Å². The number of unbranched alkanes of at least 4 members (excludes halogenated alkanes) is 27. The number of aliphatic carboxylic acids is 1. The number of carboxylic acids is 1. The molecule has 0 aromatic carbocycles. The Morgan fingerprint density at radius 1 is 0.471 bits per heavy atom. The normalized spacial score (nSPS) is 13.9. The van der Waals surface area contributed by atoms with Gasteiger partial charge in [0.25, 0.3) is 0 Å². The number of phosphoric acid groups is 1. The predicted octanol–water partition coefficient (Wildman–Crippen LogP) is 15.5. The summed E-state index contributed by atoms with van der Waals surface area (Å²) in [4.78, 5) is 46.2. The standard InChI is InChI=1S/C56H100NO10P/c1-3-5-7-9-11-13-15-17-19-21-23-25-26-28-29-31-33-35-37-39-41-43-45-47-54(59)57-53(56(61)62)51-67-68(63,64)66-50-52(58)49-65-55(60)48-46-44-42-40-38-36-34-32-30-27-24-22-20-18-16-14-12-10-8-6-4-2/h11-14,17-20,23,25,52-53,58H,3-10,15-16,21-22,24,26-51H2,1-2H3,(H,57,59)(H,61,62)(H,63,64)/b13-11-,14-12-,19-17-,20-18-,25-23-. The molecule has 3 atom stereocenters. The lowest BCUT2D eigenvalue weighted by Gasteiger charge is -2.18. The second-order valence-corrected chi connectivity index (χ2v) is 19.9. The summed E-state index contributed by atoms with van der Waals surface area (Å²) in [6.07, 6.45) is 60.9. The zero-order chi connectivity index (χ0) is 49.9. The van der Waals surface area contributed by atoms with E-state index in [9.17, 15) is 34.1 Å². The maximum Gasteiger partial charge on any atom is 0.472 e. The molecule has 0 aliphatic heterocycles. The highest BCUT2D eigenvalue weighted by molar-refractivity contribution is 7.47. The summed E-state index contributed by atoms with van der Waals surface area (Å²) in [6.45, 7) is 2.57. The van der Waals surface area contributed by atoms with Gasteiger partial charge in [-0.3, -0.25) is 18.6 Å². The van der Waals surface area contributed by atoms with E-state index in [2.05, 4.69) is 79.9 Å². The molecule has 0 aromatic rings. The maximum absolute atomic E-state index is 12.4. The number of carbonyl (C=O) groups excluding carboxylic acids is 2. The molecule has 0 fully saturated rings. The smallest absolute Gasteiger partial charge is 0.472 e. The first-order chi connectivity index (χ1) is 33.1. The number of rotatable bonds is 51. The number of hydrogen-bond acceptors (Lipinski definition) is 8. The van der Waals surface area contributed by atoms with Crippen LogP contribution in [-0.4, -0.2) is 64.9 Å². The summed E-state index contributed by atoms with van der Waals surface area (Å²) in [6, 6.07) is -1.55. The van der Waals surface area contributed by atoms with Crippen LogP contribution in [0.25, 0.3) is 0 Å². The molecule has 12 heteroatoms.